The van der Waals surface area contributed by atoms with E-state index in [9.17, 15) is 5.11 Å². The first-order valence-corrected chi connectivity index (χ1v) is 7.13. The average Bonchev–Trinajstić information content (AvgIpc) is 2.38. The molecule has 0 saturated heterocycles. The van der Waals surface area contributed by atoms with Crippen LogP contribution in [-0.2, 0) is 6.61 Å². The van der Waals surface area contributed by atoms with Gasteiger partial charge >= 0.3 is 0 Å². The van der Waals surface area contributed by atoms with Gasteiger partial charge in [-0.1, -0.05) is 31.4 Å². The van der Waals surface area contributed by atoms with Gasteiger partial charge < -0.3 is 10.0 Å². The summed E-state index contributed by atoms with van der Waals surface area (Å²) in [6.07, 6.45) is 5.20. The zero-order valence-electron chi connectivity index (χ0n) is 11.2. The molecule has 3 heteroatoms. The number of nitrogens with zero attached hydrogens (tertiary/aromatic N) is 1. The summed E-state index contributed by atoms with van der Waals surface area (Å²) in [5.74, 6) is 0.714. The fraction of sp³-hybridized carbons (Fsp3) is 0.600. The van der Waals surface area contributed by atoms with Gasteiger partial charge in [-0.15, -0.1) is 0 Å². The molecule has 1 N–H and O–H groups in total. The molecule has 1 saturated carbocycles. The molecule has 1 fully saturated rings. The SMILES string of the molecule is CC1CCCCC1N(C)c1ccc(Cl)cc1CO. The first kappa shape index (κ1) is 13.7. The lowest BCUT2D eigenvalue weighted by molar-refractivity contribution is 0.280. The summed E-state index contributed by atoms with van der Waals surface area (Å²) in [4.78, 5) is 2.33. The first-order chi connectivity index (χ1) is 8.63. The van der Waals surface area contributed by atoms with Crippen molar-refractivity contribution in [3.8, 4) is 0 Å². The third kappa shape index (κ3) is 2.81. The van der Waals surface area contributed by atoms with Crippen LogP contribution in [0.1, 0.15) is 38.2 Å². The molecule has 1 aromatic rings. The lowest BCUT2D eigenvalue weighted by atomic mass is 9.84. The van der Waals surface area contributed by atoms with Gasteiger partial charge in [0.2, 0.25) is 0 Å². The molecule has 2 atom stereocenters. The zero-order chi connectivity index (χ0) is 13.1. The Kier molecular flexibility index (Phi) is 4.52. The van der Waals surface area contributed by atoms with Crippen LogP contribution in [0.3, 0.4) is 0 Å². The molecule has 0 bridgehead atoms. The third-order valence-corrected chi connectivity index (χ3v) is 4.39. The fourth-order valence-corrected chi connectivity index (χ4v) is 3.27. The van der Waals surface area contributed by atoms with E-state index in [0.717, 1.165) is 11.3 Å². The third-order valence-electron chi connectivity index (χ3n) is 4.16. The molecule has 0 aromatic heterocycles. The molecule has 2 unspecified atom stereocenters. The summed E-state index contributed by atoms with van der Waals surface area (Å²) in [6, 6.07) is 6.36. The largest absolute Gasteiger partial charge is 0.392 e. The number of benzene rings is 1. The summed E-state index contributed by atoms with van der Waals surface area (Å²) < 4.78 is 0. The maximum absolute atomic E-state index is 9.47. The standard InChI is InChI=1S/C15H22ClNO/c1-11-5-3-4-6-14(11)17(2)15-8-7-13(16)9-12(15)10-18/h7-9,11,14,18H,3-6,10H2,1-2H3. The number of hydrogen-bond acceptors (Lipinski definition) is 2. The molecule has 2 nitrogen and oxygen atoms in total. The van der Waals surface area contributed by atoms with Gasteiger partial charge in [0.15, 0.2) is 0 Å². The lowest BCUT2D eigenvalue weighted by Crippen LogP contribution is -2.39. The van der Waals surface area contributed by atoms with Crippen molar-refractivity contribution in [2.75, 3.05) is 11.9 Å². The summed E-state index contributed by atoms with van der Waals surface area (Å²) in [7, 11) is 2.13. The molecule has 1 aromatic carbocycles. The highest BCUT2D eigenvalue weighted by molar-refractivity contribution is 6.30. The van der Waals surface area contributed by atoms with Crippen LogP contribution in [0.2, 0.25) is 5.02 Å². The number of anilines is 1. The number of aliphatic hydroxyl groups is 1. The Morgan fingerprint density at radius 1 is 1.33 bits per heavy atom. The molecule has 1 aliphatic carbocycles. The van der Waals surface area contributed by atoms with E-state index in [1.54, 1.807) is 0 Å². The van der Waals surface area contributed by atoms with Crippen molar-refractivity contribution < 1.29 is 5.11 Å². The zero-order valence-corrected chi connectivity index (χ0v) is 12.0. The summed E-state index contributed by atoms with van der Waals surface area (Å²) in [5.41, 5.74) is 2.03. The van der Waals surface area contributed by atoms with Crippen molar-refractivity contribution >= 4 is 17.3 Å². The molecule has 18 heavy (non-hydrogen) atoms. The van der Waals surface area contributed by atoms with E-state index < -0.39 is 0 Å². The predicted molar refractivity (Wildman–Crippen MR) is 77.2 cm³/mol. The van der Waals surface area contributed by atoms with Crippen molar-refractivity contribution in [1.29, 1.82) is 0 Å². The molecule has 100 valence electrons. The Hall–Kier alpha value is -0.730. The predicted octanol–water partition coefficient (Wildman–Crippen LogP) is 3.85. The van der Waals surface area contributed by atoms with Crippen LogP contribution < -0.4 is 4.90 Å². The molecular formula is C15H22ClNO. The maximum atomic E-state index is 9.47. The van der Waals surface area contributed by atoms with Gasteiger partial charge in [-0.05, 0) is 37.0 Å². The summed E-state index contributed by atoms with van der Waals surface area (Å²) >= 11 is 5.99. The van der Waals surface area contributed by atoms with Crippen molar-refractivity contribution in [2.24, 2.45) is 5.92 Å². The highest BCUT2D eigenvalue weighted by atomic mass is 35.5. The minimum Gasteiger partial charge on any atom is -0.392 e. The fourth-order valence-electron chi connectivity index (χ4n) is 3.08. The Balaban J connectivity index is 2.24. The summed E-state index contributed by atoms with van der Waals surface area (Å²) in [6.45, 7) is 2.37. The van der Waals surface area contributed by atoms with Gasteiger partial charge in [-0.25, -0.2) is 0 Å². The summed E-state index contributed by atoms with van der Waals surface area (Å²) in [5, 5.41) is 10.2. The Morgan fingerprint density at radius 2 is 2.06 bits per heavy atom. The molecule has 0 aliphatic heterocycles. The molecule has 1 aliphatic rings. The molecule has 2 rings (SSSR count). The van der Waals surface area contributed by atoms with Gasteiger partial charge in [0.05, 0.1) is 6.61 Å². The molecule has 0 heterocycles. The topological polar surface area (TPSA) is 23.5 Å². The van der Waals surface area contributed by atoms with Crippen LogP contribution in [0.4, 0.5) is 5.69 Å². The Labute approximate surface area is 115 Å². The lowest BCUT2D eigenvalue weighted by Gasteiger charge is -2.38. The van der Waals surface area contributed by atoms with Gasteiger partial charge in [-0.2, -0.15) is 0 Å². The molecule has 0 spiro atoms. The minimum absolute atomic E-state index is 0.0430. The quantitative estimate of drug-likeness (QED) is 0.899. The Morgan fingerprint density at radius 3 is 2.72 bits per heavy atom. The van der Waals surface area contributed by atoms with Gasteiger partial charge in [0.1, 0.15) is 0 Å². The monoisotopic (exact) mass is 267 g/mol. The van der Waals surface area contributed by atoms with E-state index in [2.05, 4.69) is 18.9 Å². The second kappa shape index (κ2) is 5.94. The van der Waals surface area contributed by atoms with Gasteiger partial charge in [0, 0.05) is 29.4 Å². The van der Waals surface area contributed by atoms with Crippen LogP contribution in [0, 0.1) is 5.92 Å². The van der Waals surface area contributed by atoms with Crippen LogP contribution >= 0.6 is 11.6 Å². The number of halogens is 1. The van der Waals surface area contributed by atoms with E-state index in [0.29, 0.717) is 17.0 Å². The van der Waals surface area contributed by atoms with Crippen LogP contribution in [0.15, 0.2) is 18.2 Å². The van der Waals surface area contributed by atoms with Gasteiger partial charge in [0.25, 0.3) is 0 Å². The van der Waals surface area contributed by atoms with E-state index >= 15 is 0 Å². The average molecular weight is 268 g/mol. The smallest absolute Gasteiger partial charge is 0.0702 e. The second-order valence-corrected chi connectivity index (χ2v) is 5.81. The number of aliphatic hydroxyl groups excluding tert-OH is 1. The van der Waals surface area contributed by atoms with Crippen LogP contribution in [0.5, 0.6) is 0 Å². The van der Waals surface area contributed by atoms with Crippen molar-refractivity contribution in [3.05, 3.63) is 28.8 Å². The minimum atomic E-state index is 0.0430. The molecule has 0 radical (unpaired) electrons. The van der Waals surface area contributed by atoms with E-state index in [4.69, 9.17) is 11.6 Å². The van der Waals surface area contributed by atoms with Crippen molar-refractivity contribution in [1.82, 2.24) is 0 Å². The number of rotatable bonds is 3. The van der Waals surface area contributed by atoms with E-state index in [-0.39, 0.29) is 6.61 Å². The van der Waals surface area contributed by atoms with E-state index in [1.165, 1.54) is 25.7 Å². The van der Waals surface area contributed by atoms with Gasteiger partial charge in [-0.3, -0.25) is 0 Å². The van der Waals surface area contributed by atoms with Crippen LogP contribution in [0.25, 0.3) is 0 Å². The normalized spacial score (nSPS) is 24.0. The molecule has 0 amide bonds. The highest BCUT2D eigenvalue weighted by Gasteiger charge is 2.26. The van der Waals surface area contributed by atoms with Crippen LogP contribution in [-0.4, -0.2) is 18.2 Å². The Bertz CT molecular complexity index is 407. The van der Waals surface area contributed by atoms with Crippen molar-refractivity contribution in [2.45, 2.75) is 45.3 Å². The van der Waals surface area contributed by atoms with Crippen molar-refractivity contribution in [3.63, 3.8) is 0 Å². The number of hydrogen-bond donors (Lipinski definition) is 1. The first-order valence-electron chi connectivity index (χ1n) is 6.75. The second-order valence-electron chi connectivity index (χ2n) is 5.37. The molecular weight excluding hydrogens is 246 g/mol. The van der Waals surface area contributed by atoms with E-state index in [1.807, 2.05) is 18.2 Å². The highest BCUT2D eigenvalue weighted by Crippen LogP contribution is 2.32. The maximum Gasteiger partial charge on any atom is 0.0702 e.